The number of alkyl halides is 1. The zero-order valence-electron chi connectivity index (χ0n) is 21.1. The molecule has 1 N–H and O–H groups in total. The van der Waals surface area contributed by atoms with Crippen LogP contribution in [0.2, 0.25) is 0 Å². The number of amides is 2. The molecular formula is C29H26F3N3O4. The van der Waals surface area contributed by atoms with Crippen molar-refractivity contribution in [2.75, 3.05) is 13.2 Å². The highest BCUT2D eigenvalue weighted by molar-refractivity contribution is 5.99. The van der Waals surface area contributed by atoms with Gasteiger partial charge in [0.25, 0.3) is 11.8 Å². The van der Waals surface area contributed by atoms with Gasteiger partial charge in [0, 0.05) is 30.9 Å². The van der Waals surface area contributed by atoms with E-state index in [2.05, 4.69) is 5.32 Å². The van der Waals surface area contributed by atoms with Gasteiger partial charge in [0.15, 0.2) is 11.4 Å². The van der Waals surface area contributed by atoms with Crippen LogP contribution in [0.5, 0.6) is 5.75 Å². The Hall–Kier alpha value is -4.34. The summed E-state index contributed by atoms with van der Waals surface area (Å²) >= 11 is 0. The lowest BCUT2D eigenvalue weighted by atomic mass is 9.98. The average Bonchev–Trinajstić information content (AvgIpc) is 3.08. The second-order valence-corrected chi connectivity index (χ2v) is 9.64. The second kappa shape index (κ2) is 10.8. The van der Waals surface area contributed by atoms with Crippen molar-refractivity contribution < 1.29 is 27.5 Å². The first-order valence-electron chi connectivity index (χ1n) is 12.5. The second-order valence-electron chi connectivity index (χ2n) is 9.64. The van der Waals surface area contributed by atoms with Crippen LogP contribution in [0.3, 0.4) is 0 Å². The molecule has 0 aliphatic carbocycles. The predicted molar refractivity (Wildman–Crippen MR) is 137 cm³/mol. The number of fused-ring (bicyclic) bond motifs is 4. The maximum atomic E-state index is 14.1. The van der Waals surface area contributed by atoms with Crippen LogP contribution in [0.15, 0.2) is 71.7 Å². The van der Waals surface area contributed by atoms with Crippen LogP contribution in [-0.2, 0) is 13.2 Å². The number of hydrogen-bond donors (Lipinski definition) is 1. The Labute approximate surface area is 222 Å². The van der Waals surface area contributed by atoms with Crippen LogP contribution in [0, 0.1) is 17.6 Å². The SMILES string of the molecule is C[C@@H]1C=C[C@H](CF)N2C[C@H]1n1cc(C(=O)NCc3ccc(F)cc3F)c(=O)c(OCc3ccccc3)c1C2=O. The Bertz CT molecular complexity index is 1510. The van der Waals surface area contributed by atoms with Crippen molar-refractivity contribution in [2.24, 2.45) is 5.92 Å². The molecule has 2 aliphatic heterocycles. The van der Waals surface area contributed by atoms with Crippen LogP contribution in [0.4, 0.5) is 13.2 Å². The van der Waals surface area contributed by atoms with Crippen molar-refractivity contribution in [2.45, 2.75) is 32.2 Å². The molecule has 3 aromatic rings. The summed E-state index contributed by atoms with van der Waals surface area (Å²) in [4.78, 5) is 41.8. The van der Waals surface area contributed by atoms with E-state index >= 15 is 0 Å². The van der Waals surface area contributed by atoms with Crippen LogP contribution < -0.4 is 15.5 Å². The molecule has 0 saturated heterocycles. The average molecular weight is 538 g/mol. The van der Waals surface area contributed by atoms with Gasteiger partial charge >= 0.3 is 0 Å². The minimum absolute atomic E-state index is 0.0361. The molecule has 7 nitrogen and oxygen atoms in total. The van der Waals surface area contributed by atoms with Gasteiger partial charge in [-0.3, -0.25) is 14.4 Å². The zero-order valence-corrected chi connectivity index (χ0v) is 21.1. The molecule has 202 valence electrons. The van der Waals surface area contributed by atoms with E-state index in [-0.39, 0.29) is 48.2 Å². The van der Waals surface area contributed by atoms with Gasteiger partial charge in [-0.05, 0) is 17.5 Å². The molecule has 2 aromatic carbocycles. The maximum absolute atomic E-state index is 14.1. The van der Waals surface area contributed by atoms with Gasteiger partial charge in [-0.2, -0.15) is 0 Å². The molecule has 5 rings (SSSR count). The fraction of sp³-hybridized carbons (Fsp3) is 0.276. The van der Waals surface area contributed by atoms with Crippen LogP contribution >= 0.6 is 0 Å². The summed E-state index contributed by atoms with van der Waals surface area (Å²) in [5, 5.41) is 2.50. The Morgan fingerprint density at radius 3 is 2.59 bits per heavy atom. The van der Waals surface area contributed by atoms with Crippen LogP contribution in [0.1, 0.15) is 44.9 Å². The van der Waals surface area contributed by atoms with E-state index in [4.69, 9.17) is 4.74 Å². The quantitative estimate of drug-likeness (QED) is 0.459. The number of ether oxygens (including phenoxy) is 1. The molecule has 0 spiro atoms. The van der Waals surface area contributed by atoms with Gasteiger partial charge in [0.1, 0.15) is 30.5 Å². The molecule has 0 radical (unpaired) electrons. The van der Waals surface area contributed by atoms with Crippen molar-refractivity contribution in [3.8, 4) is 5.75 Å². The molecule has 39 heavy (non-hydrogen) atoms. The van der Waals surface area contributed by atoms with Gasteiger partial charge in [-0.1, -0.05) is 55.5 Å². The number of benzene rings is 2. The minimum atomic E-state index is -0.837. The molecule has 3 atom stereocenters. The monoisotopic (exact) mass is 537 g/mol. The number of rotatable bonds is 7. The summed E-state index contributed by atoms with van der Waals surface area (Å²) < 4.78 is 48.7. The third-order valence-electron chi connectivity index (χ3n) is 7.12. The van der Waals surface area contributed by atoms with E-state index in [0.29, 0.717) is 6.07 Å². The van der Waals surface area contributed by atoms with E-state index in [0.717, 1.165) is 11.6 Å². The van der Waals surface area contributed by atoms with Crippen molar-refractivity contribution in [1.82, 2.24) is 14.8 Å². The number of nitrogens with zero attached hydrogens (tertiary/aromatic N) is 2. The molecule has 0 saturated carbocycles. The van der Waals surface area contributed by atoms with Crippen LogP contribution in [0.25, 0.3) is 0 Å². The standard InChI is InChI=1S/C29H26F3N3O4/c1-17-7-10-21(12-30)34-15-24(17)35-14-22(28(37)33-13-19-8-9-20(31)11-23(19)32)26(36)27(25(35)29(34)38)39-16-18-5-3-2-4-6-18/h2-11,14,17,21,24H,12-13,15-16H2,1H3,(H,33,37)/t17-,21-,24-/m1/s1. The van der Waals surface area contributed by atoms with E-state index < -0.39 is 47.6 Å². The highest BCUT2D eigenvalue weighted by Gasteiger charge is 2.41. The summed E-state index contributed by atoms with van der Waals surface area (Å²) in [6.45, 7) is 0.955. The number of carbonyl (C=O) groups excluding carboxylic acids is 2. The van der Waals surface area contributed by atoms with Gasteiger partial charge in [0.05, 0.1) is 12.1 Å². The van der Waals surface area contributed by atoms with Crippen molar-refractivity contribution >= 4 is 11.8 Å². The third kappa shape index (κ3) is 5.06. The summed E-state index contributed by atoms with van der Waals surface area (Å²) in [6.07, 6.45) is 4.77. The molecule has 0 fully saturated rings. The third-order valence-corrected chi connectivity index (χ3v) is 7.12. The molecule has 10 heteroatoms. The minimum Gasteiger partial charge on any atom is -0.483 e. The van der Waals surface area contributed by atoms with Gasteiger partial charge in [-0.15, -0.1) is 0 Å². The highest BCUT2D eigenvalue weighted by Crippen LogP contribution is 2.35. The van der Waals surface area contributed by atoms with E-state index in [9.17, 15) is 27.6 Å². The molecule has 2 amide bonds. The molecule has 2 aliphatic rings. The van der Waals surface area contributed by atoms with Gasteiger partial charge in [-0.25, -0.2) is 13.2 Å². The molecule has 2 bridgehead atoms. The lowest BCUT2D eigenvalue weighted by Crippen LogP contribution is -2.50. The van der Waals surface area contributed by atoms with E-state index in [1.54, 1.807) is 34.9 Å². The fourth-order valence-corrected chi connectivity index (χ4v) is 4.92. The number of pyridine rings is 1. The lowest BCUT2D eigenvalue weighted by molar-refractivity contribution is 0.0571. The first-order valence-corrected chi connectivity index (χ1v) is 12.5. The van der Waals surface area contributed by atoms with Crippen molar-refractivity contribution in [1.29, 1.82) is 0 Å². The number of allylic oxidation sites excluding steroid dienone is 1. The number of carbonyl (C=O) groups is 2. The Kier molecular flexibility index (Phi) is 7.28. The largest absolute Gasteiger partial charge is 0.483 e. The number of aromatic nitrogens is 1. The molecule has 1 aromatic heterocycles. The van der Waals surface area contributed by atoms with Gasteiger partial charge < -0.3 is 19.5 Å². The predicted octanol–water partition coefficient (Wildman–Crippen LogP) is 4.18. The highest BCUT2D eigenvalue weighted by atomic mass is 19.1. The normalized spacial score (nSPS) is 19.8. The zero-order chi connectivity index (χ0) is 27.7. The summed E-state index contributed by atoms with van der Waals surface area (Å²) in [5.41, 5.74) is -0.404. The lowest BCUT2D eigenvalue weighted by Gasteiger charge is -2.39. The summed E-state index contributed by atoms with van der Waals surface area (Å²) in [6, 6.07) is 10.8. The van der Waals surface area contributed by atoms with Crippen LogP contribution in [-0.4, -0.2) is 40.5 Å². The van der Waals surface area contributed by atoms with E-state index in [1.165, 1.54) is 17.2 Å². The number of halogens is 3. The Morgan fingerprint density at radius 1 is 1.10 bits per heavy atom. The molecule has 0 unspecified atom stereocenters. The van der Waals surface area contributed by atoms with Crippen molar-refractivity contribution in [3.05, 3.63) is 111 Å². The van der Waals surface area contributed by atoms with E-state index in [1.807, 2.05) is 19.1 Å². The van der Waals surface area contributed by atoms with Gasteiger partial charge in [0.2, 0.25) is 5.43 Å². The topological polar surface area (TPSA) is 80.6 Å². The Balaban J connectivity index is 1.57. The first kappa shape index (κ1) is 26.3. The van der Waals surface area contributed by atoms with Crippen molar-refractivity contribution in [3.63, 3.8) is 0 Å². The Morgan fingerprint density at radius 2 is 1.87 bits per heavy atom. The molecular weight excluding hydrogens is 511 g/mol. The fourth-order valence-electron chi connectivity index (χ4n) is 4.92. The summed E-state index contributed by atoms with van der Waals surface area (Å²) in [7, 11) is 0. The first-order chi connectivity index (χ1) is 18.8. The number of nitrogens with one attached hydrogen (secondary N) is 1. The number of hydrogen-bond acceptors (Lipinski definition) is 4. The molecule has 3 heterocycles. The smallest absolute Gasteiger partial charge is 0.275 e. The maximum Gasteiger partial charge on any atom is 0.275 e. The summed E-state index contributed by atoms with van der Waals surface area (Å²) in [5.74, 6) is -3.45.